The Hall–Kier alpha value is -2.63. The molecule has 1 fully saturated rings. The van der Waals surface area contributed by atoms with Crippen LogP contribution in [0.1, 0.15) is 47.8 Å². The van der Waals surface area contributed by atoms with Gasteiger partial charge in [-0.3, -0.25) is 14.3 Å². The van der Waals surface area contributed by atoms with Crippen LogP contribution in [0.5, 0.6) is 0 Å². The van der Waals surface area contributed by atoms with Gasteiger partial charge in [0.05, 0.1) is 11.7 Å². The first-order valence-corrected chi connectivity index (χ1v) is 9.57. The van der Waals surface area contributed by atoms with Crippen LogP contribution in [-0.2, 0) is 23.1 Å². The summed E-state index contributed by atoms with van der Waals surface area (Å²) < 4.78 is 1.86. The van der Waals surface area contributed by atoms with Crippen LogP contribution in [0.2, 0.25) is 0 Å². The molecular weight excluding hydrogens is 340 g/mol. The first-order chi connectivity index (χ1) is 13.0. The van der Waals surface area contributed by atoms with Gasteiger partial charge < -0.3 is 10.2 Å². The van der Waals surface area contributed by atoms with Crippen LogP contribution in [0.3, 0.4) is 0 Å². The van der Waals surface area contributed by atoms with Crippen molar-refractivity contribution in [2.75, 3.05) is 13.1 Å². The average Bonchev–Trinajstić information content (AvgIpc) is 3.16. The molecule has 2 heterocycles. The molecule has 2 aromatic rings. The number of amides is 2. The van der Waals surface area contributed by atoms with Gasteiger partial charge in [0.15, 0.2) is 0 Å². The van der Waals surface area contributed by atoms with Gasteiger partial charge in [0.2, 0.25) is 11.8 Å². The van der Waals surface area contributed by atoms with Gasteiger partial charge in [-0.25, -0.2) is 0 Å². The third-order valence-corrected chi connectivity index (χ3v) is 5.37. The molecule has 1 aromatic carbocycles. The average molecular weight is 368 g/mol. The monoisotopic (exact) mass is 368 g/mol. The van der Waals surface area contributed by atoms with E-state index < -0.39 is 0 Å². The lowest BCUT2D eigenvalue weighted by Gasteiger charge is -2.25. The van der Waals surface area contributed by atoms with Gasteiger partial charge in [-0.2, -0.15) is 5.10 Å². The molecule has 144 valence electrons. The highest BCUT2D eigenvalue weighted by atomic mass is 16.2. The normalized spacial score (nSPS) is 15.2. The molecule has 0 bridgehead atoms. The zero-order valence-electron chi connectivity index (χ0n) is 16.4. The number of benzene rings is 1. The molecule has 0 radical (unpaired) electrons. The lowest BCUT2D eigenvalue weighted by atomic mass is 10.0. The Morgan fingerprint density at radius 1 is 1.26 bits per heavy atom. The van der Waals surface area contributed by atoms with Crippen LogP contribution in [-0.4, -0.2) is 39.6 Å². The summed E-state index contributed by atoms with van der Waals surface area (Å²) in [6.07, 6.45) is 2.58. The van der Waals surface area contributed by atoms with E-state index in [2.05, 4.69) is 10.4 Å². The Bertz CT molecular complexity index is 813. The fourth-order valence-corrected chi connectivity index (χ4v) is 3.72. The molecule has 1 saturated heterocycles. The maximum absolute atomic E-state index is 12.6. The Balaban J connectivity index is 1.66. The number of carbonyl (C=O) groups excluding carboxylic acids is 2. The largest absolute Gasteiger partial charge is 0.347 e. The Kier molecular flexibility index (Phi) is 5.94. The van der Waals surface area contributed by atoms with Crippen molar-refractivity contribution < 1.29 is 9.59 Å². The number of aromatic nitrogens is 2. The lowest BCUT2D eigenvalue weighted by Crippen LogP contribution is -2.38. The van der Waals surface area contributed by atoms with E-state index in [-0.39, 0.29) is 17.9 Å². The number of hydrogen-bond acceptors (Lipinski definition) is 3. The van der Waals surface area contributed by atoms with Crippen molar-refractivity contribution in [3.05, 3.63) is 52.8 Å². The third-order valence-electron chi connectivity index (χ3n) is 5.37. The van der Waals surface area contributed by atoms with Gasteiger partial charge >= 0.3 is 0 Å². The summed E-state index contributed by atoms with van der Waals surface area (Å²) in [5, 5.41) is 7.55. The minimum Gasteiger partial charge on any atom is -0.347 e. The zero-order chi connectivity index (χ0) is 19.4. The van der Waals surface area contributed by atoms with Crippen molar-refractivity contribution in [1.29, 1.82) is 0 Å². The van der Waals surface area contributed by atoms with E-state index in [0.717, 1.165) is 35.5 Å². The van der Waals surface area contributed by atoms with E-state index in [1.54, 1.807) is 0 Å². The quantitative estimate of drug-likeness (QED) is 0.816. The van der Waals surface area contributed by atoms with E-state index in [1.165, 1.54) is 0 Å². The standard InChI is InChI=1S/C21H28N4O2/c1-15-18(16(2)24(3)23-15)11-12-20(26)22-19(17-8-5-4-6-9-17)14-25-13-7-10-21(25)27/h4-6,8-9,19H,7,10-14H2,1-3H3,(H,22,26)/t19-/m1/s1. The predicted octanol–water partition coefficient (Wildman–Crippen LogP) is 2.45. The summed E-state index contributed by atoms with van der Waals surface area (Å²) in [7, 11) is 1.92. The van der Waals surface area contributed by atoms with Crippen molar-refractivity contribution in [3.8, 4) is 0 Å². The van der Waals surface area contributed by atoms with Crippen LogP contribution in [0.25, 0.3) is 0 Å². The fraction of sp³-hybridized carbons (Fsp3) is 0.476. The second-order valence-corrected chi connectivity index (χ2v) is 7.25. The van der Waals surface area contributed by atoms with Gasteiger partial charge in [0, 0.05) is 38.7 Å². The predicted molar refractivity (Wildman–Crippen MR) is 104 cm³/mol. The molecule has 1 N–H and O–H groups in total. The fourth-order valence-electron chi connectivity index (χ4n) is 3.72. The van der Waals surface area contributed by atoms with Gasteiger partial charge in [-0.15, -0.1) is 0 Å². The molecule has 6 heteroatoms. The van der Waals surface area contributed by atoms with Crippen LogP contribution < -0.4 is 5.32 Å². The number of nitrogens with zero attached hydrogens (tertiary/aromatic N) is 3. The summed E-state index contributed by atoms with van der Waals surface area (Å²) in [6.45, 7) is 5.30. The number of aryl methyl sites for hydroxylation is 2. The van der Waals surface area contributed by atoms with Crippen molar-refractivity contribution in [2.45, 2.75) is 45.6 Å². The van der Waals surface area contributed by atoms with E-state index >= 15 is 0 Å². The Labute approximate surface area is 160 Å². The van der Waals surface area contributed by atoms with E-state index in [9.17, 15) is 9.59 Å². The second kappa shape index (κ2) is 8.37. The molecule has 1 atom stereocenters. The number of hydrogen-bond donors (Lipinski definition) is 1. The first-order valence-electron chi connectivity index (χ1n) is 9.57. The molecule has 27 heavy (non-hydrogen) atoms. The molecule has 2 amide bonds. The Morgan fingerprint density at radius 3 is 2.59 bits per heavy atom. The van der Waals surface area contributed by atoms with Gasteiger partial charge in [-0.05, 0) is 37.8 Å². The molecule has 0 saturated carbocycles. The first kappa shape index (κ1) is 19.1. The van der Waals surface area contributed by atoms with Crippen LogP contribution in [0, 0.1) is 13.8 Å². The van der Waals surface area contributed by atoms with Gasteiger partial charge in [0.1, 0.15) is 0 Å². The molecule has 1 aromatic heterocycles. The van der Waals surface area contributed by atoms with Crippen LogP contribution in [0.15, 0.2) is 30.3 Å². The summed E-state index contributed by atoms with van der Waals surface area (Å²) in [6, 6.07) is 9.70. The van der Waals surface area contributed by atoms with Crippen molar-refractivity contribution in [3.63, 3.8) is 0 Å². The zero-order valence-corrected chi connectivity index (χ0v) is 16.4. The molecule has 0 aliphatic carbocycles. The summed E-state index contributed by atoms with van der Waals surface area (Å²) in [5.74, 6) is 0.171. The Morgan fingerprint density at radius 2 is 2.00 bits per heavy atom. The van der Waals surface area contributed by atoms with E-state index in [1.807, 2.05) is 60.8 Å². The lowest BCUT2D eigenvalue weighted by molar-refractivity contribution is -0.129. The molecule has 1 aliphatic rings. The van der Waals surface area contributed by atoms with Crippen LogP contribution >= 0.6 is 0 Å². The molecule has 0 spiro atoms. The molecule has 3 rings (SSSR count). The molecule has 1 aliphatic heterocycles. The third kappa shape index (κ3) is 4.56. The van der Waals surface area contributed by atoms with Crippen molar-refractivity contribution >= 4 is 11.8 Å². The molecular formula is C21H28N4O2. The molecule has 0 unspecified atom stereocenters. The topological polar surface area (TPSA) is 67.2 Å². The minimum atomic E-state index is -0.183. The van der Waals surface area contributed by atoms with Crippen LogP contribution in [0.4, 0.5) is 0 Å². The van der Waals surface area contributed by atoms with Crippen molar-refractivity contribution in [1.82, 2.24) is 20.0 Å². The van der Waals surface area contributed by atoms with E-state index in [4.69, 9.17) is 0 Å². The highest BCUT2D eigenvalue weighted by Crippen LogP contribution is 2.19. The van der Waals surface area contributed by atoms with Gasteiger partial charge in [-0.1, -0.05) is 30.3 Å². The summed E-state index contributed by atoms with van der Waals surface area (Å²) in [4.78, 5) is 26.5. The maximum Gasteiger partial charge on any atom is 0.222 e. The smallest absolute Gasteiger partial charge is 0.222 e. The summed E-state index contributed by atoms with van der Waals surface area (Å²) >= 11 is 0. The number of carbonyl (C=O) groups is 2. The molecule has 6 nitrogen and oxygen atoms in total. The minimum absolute atomic E-state index is 0.00171. The summed E-state index contributed by atoms with van der Waals surface area (Å²) in [5.41, 5.74) is 4.24. The van der Waals surface area contributed by atoms with E-state index in [0.29, 0.717) is 25.8 Å². The number of nitrogens with one attached hydrogen (secondary N) is 1. The van der Waals surface area contributed by atoms with Gasteiger partial charge in [0.25, 0.3) is 0 Å². The maximum atomic E-state index is 12.6. The SMILES string of the molecule is Cc1nn(C)c(C)c1CCC(=O)N[C@H](CN1CCCC1=O)c1ccccc1. The number of likely N-dealkylation sites (tertiary alicyclic amines) is 1. The highest BCUT2D eigenvalue weighted by molar-refractivity contribution is 5.79. The number of rotatable bonds is 7. The highest BCUT2D eigenvalue weighted by Gasteiger charge is 2.25. The van der Waals surface area contributed by atoms with Crippen molar-refractivity contribution in [2.24, 2.45) is 7.05 Å². The second-order valence-electron chi connectivity index (χ2n) is 7.25.